The van der Waals surface area contributed by atoms with Gasteiger partial charge in [-0.25, -0.2) is 8.42 Å². The molecule has 1 aromatic carbocycles. The molecule has 0 bridgehead atoms. The molecule has 9 heteroatoms. The summed E-state index contributed by atoms with van der Waals surface area (Å²) in [6.07, 6.45) is 1.08. The molecule has 118 valence electrons. The van der Waals surface area contributed by atoms with Gasteiger partial charge in [0.25, 0.3) is 5.69 Å². The highest BCUT2D eigenvalue weighted by Gasteiger charge is 2.16. The number of hydrogen-bond donors (Lipinski definition) is 0. The second-order valence-electron chi connectivity index (χ2n) is 4.62. The van der Waals surface area contributed by atoms with E-state index in [0.717, 1.165) is 0 Å². The molecule has 0 heterocycles. The van der Waals surface area contributed by atoms with E-state index in [2.05, 4.69) is 15.9 Å². The number of nitrogens with zero attached hydrogens (tertiary/aromatic N) is 1. The number of hydrogen-bond acceptors (Lipinski definition) is 5. The van der Waals surface area contributed by atoms with Crippen molar-refractivity contribution in [3.05, 3.63) is 32.8 Å². The summed E-state index contributed by atoms with van der Waals surface area (Å²) >= 11 is 3.14. The van der Waals surface area contributed by atoms with E-state index in [0.29, 0.717) is 29.7 Å². The monoisotopic (exact) mass is 399 g/mol. The summed E-state index contributed by atoms with van der Waals surface area (Å²) in [6, 6.07) is 4.55. The predicted molar refractivity (Wildman–Crippen MR) is 84.3 cm³/mol. The van der Waals surface area contributed by atoms with Gasteiger partial charge in [0, 0.05) is 16.7 Å². The van der Waals surface area contributed by atoms with Crippen LogP contribution in [0.5, 0.6) is 5.75 Å². The van der Waals surface area contributed by atoms with Gasteiger partial charge in [-0.05, 0) is 40.8 Å². The van der Waals surface area contributed by atoms with Crippen molar-refractivity contribution in [2.75, 3.05) is 12.4 Å². The van der Waals surface area contributed by atoms with E-state index >= 15 is 0 Å². The summed E-state index contributed by atoms with van der Waals surface area (Å²) in [5, 5.41) is 10.8. The first-order chi connectivity index (χ1) is 9.70. The maximum atomic E-state index is 10.8. The topological polar surface area (TPSA) is 86.5 Å². The van der Waals surface area contributed by atoms with Gasteiger partial charge in [-0.3, -0.25) is 10.1 Å². The minimum absolute atomic E-state index is 0.0613. The number of rotatable bonds is 8. The van der Waals surface area contributed by atoms with Gasteiger partial charge in [0.05, 0.1) is 17.3 Å². The zero-order valence-electron chi connectivity index (χ0n) is 11.3. The highest BCUT2D eigenvalue weighted by atomic mass is 79.9. The Morgan fingerprint density at radius 2 is 2.10 bits per heavy atom. The molecule has 6 nitrogen and oxygen atoms in total. The van der Waals surface area contributed by atoms with E-state index in [1.807, 2.05) is 6.92 Å². The fraction of sp³-hybridized carbons (Fsp3) is 0.500. The van der Waals surface area contributed by atoms with E-state index in [-0.39, 0.29) is 17.4 Å². The quantitative estimate of drug-likeness (QED) is 0.377. The zero-order valence-corrected chi connectivity index (χ0v) is 14.4. The van der Waals surface area contributed by atoms with Crippen LogP contribution in [-0.4, -0.2) is 25.7 Å². The first-order valence-corrected chi connectivity index (χ1v) is 9.46. The molecule has 0 aliphatic heterocycles. The Kier molecular flexibility index (Phi) is 6.89. The average molecular weight is 401 g/mol. The summed E-state index contributed by atoms with van der Waals surface area (Å²) in [5.41, 5.74) is -0.0613. The van der Waals surface area contributed by atoms with Crippen LogP contribution < -0.4 is 4.74 Å². The van der Waals surface area contributed by atoms with Crippen LogP contribution in [-0.2, 0) is 9.05 Å². The van der Waals surface area contributed by atoms with Gasteiger partial charge in [0.2, 0.25) is 9.05 Å². The first-order valence-electron chi connectivity index (χ1n) is 6.18. The Bertz CT molecular complexity index is 608. The highest BCUT2D eigenvalue weighted by molar-refractivity contribution is 9.10. The second kappa shape index (κ2) is 7.95. The zero-order chi connectivity index (χ0) is 16.0. The molecule has 0 N–H and O–H groups in total. The lowest BCUT2D eigenvalue weighted by Gasteiger charge is -2.12. The van der Waals surface area contributed by atoms with Crippen molar-refractivity contribution in [2.45, 2.75) is 19.8 Å². The second-order valence-corrected chi connectivity index (χ2v) is 8.31. The van der Waals surface area contributed by atoms with Crippen molar-refractivity contribution in [1.29, 1.82) is 0 Å². The molecule has 0 spiro atoms. The summed E-state index contributed by atoms with van der Waals surface area (Å²) in [6.45, 7) is 2.23. The lowest BCUT2D eigenvalue weighted by atomic mass is 10.1. The standard InChI is InChI=1S/C12H15BrClNO5S/c1-9(6-8-21(14,18)19)5-7-20-11-4-2-3-10(12(11)13)15(16)17/h2-4,9H,5-8H2,1H3. The van der Waals surface area contributed by atoms with E-state index in [4.69, 9.17) is 15.4 Å². The Morgan fingerprint density at radius 3 is 2.67 bits per heavy atom. The van der Waals surface area contributed by atoms with Crippen LogP contribution in [0.3, 0.4) is 0 Å². The van der Waals surface area contributed by atoms with Crippen LogP contribution >= 0.6 is 26.6 Å². The first kappa shape index (κ1) is 18.2. The van der Waals surface area contributed by atoms with Gasteiger partial charge in [-0.1, -0.05) is 13.0 Å². The predicted octanol–water partition coefficient (Wildman–Crippen LogP) is 3.72. The normalized spacial score (nSPS) is 12.9. The maximum Gasteiger partial charge on any atom is 0.287 e. The molecule has 0 aromatic heterocycles. The minimum atomic E-state index is -3.47. The molecule has 0 saturated carbocycles. The van der Waals surface area contributed by atoms with Gasteiger partial charge in [-0.15, -0.1) is 0 Å². The third kappa shape index (κ3) is 6.62. The number of benzene rings is 1. The summed E-state index contributed by atoms with van der Waals surface area (Å²) in [4.78, 5) is 10.3. The van der Waals surface area contributed by atoms with E-state index < -0.39 is 14.0 Å². The fourth-order valence-corrected chi connectivity index (χ4v) is 3.08. The van der Waals surface area contributed by atoms with Gasteiger partial charge in [0.15, 0.2) is 0 Å². The molecule has 1 atom stereocenters. The Morgan fingerprint density at radius 1 is 1.43 bits per heavy atom. The Hall–Kier alpha value is -0.860. The van der Waals surface area contributed by atoms with Crippen LogP contribution in [0.1, 0.15) is 19.8 Å². The molecular weight excluding hydrogens is 386 g/mol. The van der Waals surface area contributed by atoms with E-state index in [9.17, 15) is 18.5 Å². The SMILES string of the molecule is CC(CCOc1cccc([N+](=O)[O-])c1Br)CCS(=O)(=O)Cl. The van der Waals surface area contributed by atoms with Crippen LogP contribution in [0.15, 0.2) is 22.7 Å². The molecule has 1 aromatic rings. The molecular formula is C12H15BrClNO5S. The minimum Gasteiger partial charge on any atom is -0.492 e. The molecule has 1 unspecified atom stereocenters. The lowest BCUT2D eigenvalue weighted by Crippen LogP contribution is -2.08. The molecule has 0 amide bonds. The molecule has 0 aliphatic carbocycles. The molecule has 21 heavy (non-hydrogen) atoms. The lowest BCUT2D eigenvalue weighted by molar-refractivity contribution is -0.385. The summed E-state index contributed by atoms with van der Waals surface area (Å²) < 4.78 is 27.5. The van der Waals surface area contributed by atoms with Crippen LogP contribution in [0.2, 0.25) is 0 Å². The van der Waals surface area contributed by atoms with Crippen LogP contribution in [0, 0.1) is 16.0 Å². The van der Waals surface area contributed by atoms with Gasteiger partial charge < -0.3 is 4.74 Å². The van der Waals surface area contributed by atoms with E-state index in [1.165, 1.54) is 6.07 Å². The van der Waals surface area contributed by atoms with Crippen molar-refractivity contribution in [2.24, 2.45) is 5.92 Å². The maximum absolute atomic E-state index is 10.8. The number of nitro benzene ring substituents is 1. The molecule has 0 aliphatic rings. The van der Waals surface area contributed by atoms with Crippen LogP contribution in [0.4, 0.5) is 5.69 Å². The largest absolute Gasteiger partial charge is 0.492 e. The third-order valence-corrected chi connectivity index (χ3v) is 4.85. The van der Waals surface area contributed by atoms with Crippen molar-refractivity contribution in [3.8, 4) is 5.75 Å². The molecule has 0 fully saturated rings. The highest BCUT2D eigenvalue weighted by Crippen LogP contribution is 2.33. The average Bonchev–Trinajstić information content (AvgIpc) is 2.37. The third-order valence-electron chi connectivity index (χ3n) is 2.86. The van der Waals surface area contributed by atoms with Crippen molar-refractivity contribution in [3.63, 3.8) is 0 Å². The fourth-order valence-electron chi connectivity index (χ4n) is 1.61. The van der Waals surface area contributed by atoms with Crippen LogP contribution in [0.25, 0.3) is 0 Å². The van der Waals surface area contributed by atoms with Gasteiger partial charge >= 0.3 is 0 Å². The number of nitro groups is 1. The Labute approximate surface area is 136 Å². The Balaban J connectivity index is 2.49. The number of ether oxygens (including phenoxy) is 1. The molecule has 0 radical (unpaired) electrons. The van der Waals surface area contributed by atoms with Crippen molar-refractivity contribution in [1.82, 2.24) is 0 Å². The number of halogens is 2. The van der Waals surface area contributed by atoms with Gasteiger partial charge in [0.1, 0.15) is 10.2 Å². The smallest absolute Gasteiger partial charge is 0.287 e. The summed E-state index contributed by atoms with van der Waals surface area (Å²) in [7, 11) is 1.68. The molecule has 0 saturated heterocycles. The van der Waals surface area contributed by atoms with Gasteiger partial charge in [-0.2, -0.15) is 0 Å². The van der Waals surface area contributed by atoms with E-state index in [1.54, 1.807) is 12.1 Å². The van der Waals surface area contributed by atoms with Crippen molar-refractivity contribution >= 4 is 41.4 Å². The molecule has 1 rings (SSSR count). The summed E-state index contributed by atoms with van der Waals surface area (Å²) in [5.74, 6) is 0.438. The van der Waals surface area contributed by atoms with Crippen molar-refractivity contribution < 1.29 is 18.1 Å².